The van der Waals surface area contributed by atoms with Gasteiger partial charge in [0.05, 0.1) is 6.61 Å². The van der Waals surface area contributed by atoms with Gasteiger partial charge in [-0.05, 0) is 29.2 Å². The van der Waals surface area contributed by atoms with Crippen LogP contribution in [0.4, 0.5) is 5.82 Å². The zero-order valence-electron chi connectivity index (χ0n) is 18.6. The Morgan fingerprint density at radius 1 is 0.941 bits per heavy atom. The van der Waals surface area contributed by atoms with Gasteiger partial charge in [-0.15, -0.1) is 0 Å². The molecule has 1 unspecified atom stereocenters. The Kier molecular flexibility index (Phi) is 8.17. The van der Waals surface area contributed by atoms with Gasteiger partial charge in [-0.3, -0.25) is 4.79 Å². The zero-order chi connectivity index (χ0) is 23.8. The van der Waals surface area contributed by atoms with Gasteiger partial charge in [-0.25, -0.2) is 9.97 Å². The highest BCUT2D eigenvalue weighted by Gasteiger charge is 2.25. The van der Waals surface area contributed by atoms with Crippen LogP contribution in [-0.4, -0.2) is 22.5 Å². The summed E-state index contributed by atoms with van der Waals surface area (Å²) >= 11 is 7.49. The van der Waals surface area contributed by atoms with Crippen molar-refractivity contribution in [3.8, 4) is 11.1 Å². The minimum Gasteiger partial charge on any atom is -0.465 e. The van der Waals surface area contributed by atoms with Crippen LogP contribution < -0.4 is 5.32 Å². The third kappa shape index (κ3) is 6.37. The lowest BCUT2D eigenvalue weighted by Crippen LogP contribution is -2.14. The molecular formula is C27H24ClN3O2S. The number of aromatic nitrogens is 2. The summed E-state index contributed by atoms with van der Waals surface area (Å²) < 4.78 is 5.27. The van der Waals surface area contributed by atoms with Crippen LogP contribution in [0.15, 0.2) is 96.2 Å². The van der Waals surface area contributed by atoms with Crippen LogP contribution in [0.2, 0.25) is 5.15 Å². The number of hydrogen-bond donors (Lipinski definition) is 1. The molecule has 4 rings (SSSR count). The monoisotopic (exact) mass is 489 g/mol. The van der Waals surface area contributed by atoms with E-state index in [0.29, 0.717) is 29.3 Å². The number of ether oxygens (including phenoxy) is 1. The largest absolute Gasteiger partial charge is 0.465 e. The third-order valence-corrected chi connectivity index (χ3v) is 6.32. The van der Waals surface area contributed by atoms with Crippen LogP contribution in [0.3, 0.4) is 0 Å². The molecule has 5 nitrogen and oxygen atoms in total. The molecule has 1 heterocycles. The number of carbonyl (C=O) groups is 1. The van der Waals surface area contributed by atoms with E-state index < -0.39 is 5.25 Å². The lowest BCUT2D eigenvalue weighted by Gasteiger charge is -2.15. The van der Waals surface area contributed by atoms with Crippen LogP contribution in [0.5, 0.6) is 0 Å². The summed E-state index contributed by atoms with van der Waals surface area (Å²) in [5, 5.41) is 3.42. The van der Waals surface area contributed by atoms with Crippen molar-refractivity contribution in [1.29, 1.82) is 0 Å². The lowest BCUT2D eigenvalue weighted by molar-refractivity contribution is -0.142. The number of nitrogens with one attached hydrogen (secondary N) is 1. The molecule has 1 aromatic heterocycles. The van der Waals surface area contributed by atoms with Crippen LogP contribution >= 0.6 is 23.4 Å². The maximum atomic E-state index is 12.6. The van der Waals surface area contributed by atoms with Crippen molar-refractivity contribution in [3.63, 3.8) is 0 Å². The number of thioether (sulfide) groups is 1. The SMILES string of the molecule is CCOC(=O)C(Sc1nc(Cl)cc(NCc2ccc(-c3ccccc3)cc2)n1)c1ccccc1. The molecule has 0 aliphatic carbocycles. The molecule has 7 heteroatoms. The van der Waals surface area contributed by atoms with E-state index in [1.54, 1.807) is 13.0 Å². The van der Waals surface area contributed by atoms with E-state index in [-0.39, 0.29) is 5.97 Å². The Balaban J connectivity index is 1.46. The Morgan fingerprint density at radius 3 is 2.26 bits per heavy atom. The summed E-state index contributed by atoms with van der Waals surface area (Å²) in [4.78, 5) is 21.5. The number of nitrogens with zero attached hydrogens (tertiary/aromatic N) is 2. The Hall–Kier alpha value is -3.35. The first-order chi connectivity index (χ1) is 16.6. The minimum atomic E-state index is -0.585. The maximum absolute atomic E-state index is 12.6. The number of carbonyl (C=O) groups excluding carboxylic acids is 1. The van der Waals surface area contributed by atoms with E-state index >= 15 is 0 Å². The summed E-state index contributed by atoms with van der Waals surface area (Å²) in [7, 11) is 0. The molecule has 3 aromatic carbocycles. The molecule has 172 valence electrons. The van der Waals surface area contributed by atoms with Gasteiger partial charge in [-0.1, -0.05) is 108 Å². The molecule has 0 saturated carbocycles. The molecule has 0 bridgehead atoms. The molecule has 0 fully saturated rings. The second kappa shape index (κ2) is 11.7. The number of benzene rings is 3. The van der Waals surface area contributed by atoms with Gasteiger partial charge in [0.1, 0.15) is 16.2 Å². The zero-order valence-corrected chi connectivity index (χ0v) is 20.2. The molecule has 0 saturated heterocycles. The molecule has 1 atom stereocenters. The van der Waals surface area contributed by atoms with E-state index in [2.05, 4.69) is 51.7 Å². The standard InChI is InChI=1S/C27H24ClN3O2S/c1-2-33-26(32)25(22-11-7-4-8-12-22)34-27-30-23(28)17-24(31-27)29-18-19-13-15-21(16-14-19)20-9-5-3-6-10-20/h3-17,25H,2,18H2,1H3,(H,29,30,31). The molecule has 0 amide bonds. The Labute approximate surface area is 208 Å². The van der Waals surface area contributed by atoms with E-state index in [4.69, 9.17) is 16.3 Å². The summed E-state index contributed by atoms with van der Waals surface area (Å²) in [6.45, 7) is 2.66. The third-order valence-electron chi connectivity index (χ3n) is 5.04. The maximum Gasteiger partial charge on any atom is 0.324 e. The Bertz CT molecular complexity index is 1220. The van der Waals surface area contributed by atoms with Crippen LogP contribution in [0.1, 0.15) is 23.3 Å². The second-order valence-corrected chi connectivity index (χ2v) is 8.90. The number of rotatable bonds is 9. The molecule has 0 spiro atoms. The van der Waals surface area contributed by atoms with Gasteiger partial charge < -0.3 is 10.1 Å². The van der Waals surface area contributed by atoms with Gasteiger partial charge in [0.25, 0.3) is 0 Å². The van der Waals surface area contributed by atoms with Crippen LogP contribution in [0.25, 0.3) is 11.1 Å². The van der Waals surface area contributed by atoms with Gasteiger partial charge in [0.15, 0.2) is 5.16 Å². The Morgan fingerprint density at radius 2 is 1.59 bits per heavy atom. The highest BCUT2D eigenvalue weighted by atomic mass is 35.5. The van der Waals surface area contributed by atoms with Gasteiger partial charge in [0.2, 0.25) is 0 Å². The molecule has 0 aliphatic rings. The van der Waals surface area contributed by atoms with E-state index in [0.717, 1.165) is 11.1 Å². The number of hydrogen-bond acceptors (Lipinski definition) is 6. The molecular weight excluding hydrogens is 466 g/mol. The fourth-order valence-corrected chi connectivity index (χ4v) is 4.59. The fraction of sp³-hybridized carbons (Fsp3) is 0.148. The smallest absolute Gasteiger partial charge is 0.324 e. The molecule has 4 aromatic rings. The molecule has 1 N–H and O–H groups in total. The van der Waals surface area contributed by atoms with Crippen molar-refractivity contribution in [2.75, 3.05) is 11.9 Å². The first kappa shape index (κ1) is 23.8. The highest BCUT2D eigenvalue weighted by molar-refractivity contribution is 8.00. The van der Waals surface area contributed by atoms with Gasteiger partial charge in [0, 0.05) is 12.6 Å². The van der Waals surface area contributed by atoms with Crippen molar-refractivity contribution < 1.29 is 9.53 Å². The number of anilines is 1. The quantitative estimate of drug-likeness (QED) is 0.121. The summed E-state index contributed by atoms with van der Waals surface area (Å²) in [6.07, 6.45) is 0. The molecule has 0 radical (unpaired) electrons. The molecule has 34 heavy (non-hydrogen) atoms. The van der Waals surface area contributed by atoms with Crippen molar-refractivity contribution in [3.05, 3.63) is 107 Å². The van der Waals surface area contributed by atoms with Crippen molar-refractivity contribution in [2.45, 2.75) is 23.9 Å². The topological polar surface area (TPSA) is 64.1 Å². The van der Waals surface area contributed by atoms with Crippen molar-refractivity contribution in [2.24, 2.45) is 0 Å². The van der Waals surface area contributed by atoms with E-state index in [1.807, 2.05) is 48.5 Å². The minimum absolute atomic E-state index is 0.301. The second-order valence-electron chi connectivity index (χ2n) is 7.44. The lowest BCUT2D eigenvalue weighted by atomic mass is 10.0. The molecule has 0 aliphatic heterocycles. The summed E-state index contributed by atoms with van der Waals surface area (Å²) in [6, 6.07) is 29.7. The fourth-order valence-electron chi connectivity index (χ4n) is 3.38. The van der Waals surface area contributed by atoms with Crippen LogP contribution in [0, 0.1) is 0 Å². The normalized spacial score (nSPS) is 11.6. The van der Waals surface area contributed by atoms with Gasteiger partial charge in [-0.2, -0.15) is 0 Å². The predicted octanol–water partition coefficient (Wildman–Crippen LogP) is 6.81. The number of esters is 1. The predicted molar refractivity (Wildman–Crippen MR) is 138 cm³/mol. The summed E-state index contributed by atoms with van der Waals surface area (Å²) in [5.41, 5.74) is 4.28. The average molecular weight is 490 g/mol. The average Bonchev–Trinajstić information content (AvgIpc) is 2.87. The van der Waals surface area contributed by atoms with Crippen molar-refractivity contribution >= 4 is 35.1 Å². The summed E-state index contributed by atoms with van der Waals surface area (Å²) in [5.74, 6) is 0.251. The first-order valence-corrected chi connectivity index (χ1v) is 12.2. The van der Waals surface area contributed by atoms with E-state index in [1.165, 1.54) is 22.9 Å². The van der Waals surface area contributed by atoms with Crippen LogP contribution in [-0.2, 0) is 16.1 Å². The number of halogens is 1. The van der Waals surface area contributed by atoms with E-state index in [9.17, 15) is 4.79 Å². The van der Waals surface area contributed by atoms with Gasteiger partial charge >= 0.3 is 5.97 Å². The highest BCUT2D eigenvalue weighted by Crippen LogP contribution is 2.35. The first-order valence-electron chi connectivity index (χ1n) is 10.9. The van der Waals surface area contributed by atoms with Crippen molar-refractivity contribution in [1.82, 2.24) is 9.97 Å².